The van der Waals surface area contributed by atoms with E-state index < -0.39 is 0 Å². The molecule has 6 heteroatoms. The fourth-order valence-electron chi connectivity index (χ4n) is 2.15. The van der Waals surface area contributed by atoms with Crippen LogP contribution in [0.25, 0.3) is 17.4 Å². The summed E-state index contributed by atoms with van der Waals surface area (Å²) in [4.78, 5) is 11.9. The van der Waals surface area contributed by atoms with Crippen molar-refractivity contribution in [2.45, 2.75) is 0 Å². The topological polar surface area (TPSA) is 42.2 Å². The Kier molecular flexibility index (Phi) is 5.49. The molecule has 0 aliphatic carbocycles. The normalized spacial score (nSPS) is 11.0. The number of benzene rings is 2. The smallest absolute Gasteiger partial charge is 0.248 e. The number of rotatable bonds is 4. The van der Waals surface area contributed by atoms with E-state index in [9.17, 15) is 4.79 Å². The highest BCUT2D eigenvalue weighted by Gasteiger charge is 2.08. The molecule has 1 heterocycles. The molecule has 0 aliphatic rings. The molecule has 0 radical (unpaired) electrons. The van der Waals surface area contributed by atoms with Gasteiger partial charge in [-0.15, -0.1) is 0 Å². The molecule has 25 heavy (non-hydrogen) atoms. The van der Waals surface area contributed by atoms with Gasteiger partial charge in [0.2, 0.25) is 5.91 Å². The van der Waals surface area contributed by atoms with Gasteiger partial charge in [0.05, 0.1) is 5.02 Å². The Morgan fingerprint density at radius 1 is 0.920 bits per heavy atom. The number of furan rings is 1. The summed E-state index contributed by atoms with van der Waals surface area (Å²) < 4.78 is 5.69. The van der Waals surface area contributed by atoms with Crippen LogP contribution in [0, 0.1) is 0 Å². The fraction of sp³-hybridized carbons (Fsp3) is 0. The van der Waals surface area contributed by atoms with Crippen molar-refractivity contribution < 1.29 is 9.21 Å². The molecular formula is C19H12Cl3NO2. The van der Waals surface area contributed by atoms with Gasteiger partial charge in [0, 0.05) is 27.4 Å². The highest BCUT2D eigenvalue weighted by Crippen LogP contribution is 2.31. The van der Waals surface area contributed by atoms with Crippen molar-refractivity contribution >= 4 is 52.5 Å². The van der Waals surface area contributed by atoms with Crippen molar-refractivity contribution in [2.24, 2.45) is 0 Å². The molecule has 3 aromatic rings. The van der Waals surface area contributed by atoms with Gasteiger partial charge in [-0.25, -0.2) is 0 Å². The first-order valence-electron chi connectivity index (χ1n) is 7.31. The minimum atomic E-state index is -0.273. The maximum Gasteiger partial charge on any atom is 0.248 e. The van der Waals surface area contributed by atoms with E-state index in [1.807, 2.05) is 0 Å². The van der Waals surface area contributed by atoms with Crippen molar-refractivity contribution in [3.8, 4) is 11.3 Å². The van der Waals surface area contributed by atoms with Gasteiger partial charge >= 0.3 is 0 Å². The monoisotopic (exact) mass is 391 g/mol. The van der Waals surface area contributed by atoms with Gasteiger partial charge < -0.3 is 9.73 Å². The Hall–Kier alpha value is -2.20. The number of hydrogen-bond acceptors (Lipinski definition) is 2. The van der Waals surface area contributed by atoms with Gasteiger partial charge in [0.1, 0.15) is 11.5 Å². The van der Waals surface area contributed by atoms with Crippen LogP contribution in [-0.4, -0.2) is 5.91 Å². The zero-order valence-electron chi connectivity index (χ0n) is 12.8. The second-order valence-corrected chi connectivity index (χ2v) is 6.44. The lowest BCUT2D eigenvalue weighted by molar-refractivity contribution is -0.111. The van der Waals surface area contributed by atoms with Gasteiger partial charge in [-0.1, -0.05) is 34.8 Å². The zero-order valence-corrected chi connectivity index (χ0v) is 15.1. The average molecular weight is 393 g/mol. The second kappa shape index (κ2) is 7.79. The number of carbonyl (C=O) groups excluding carboxylic acids is 1. The van der Waals surface area contributed by atoms with Gasteiger partial charge in [0.15, 0.2) is 0 Å². The standard InChI is InChI=1S/C19H12Cl3NO2/c20-12-1-4-14(5-2-12)23-19(24)10-7-15-6-9-18(25-15)16-8-3-13(21)11-17(16)22/h1-11H,(H,23,24)/b10-7+. The molecule has 0 atom stereocenters. The maximum absolute atomic E-state index is 11.9. The maximum atomic E-state index is 11.9. The Labute approximate surface area is 159 Å². The Morgan fingerprint density at radius 2 is 1.64 bits per heavy atom. The average Bonchev–Trinajstić information content (AvgIpc) is 3.04. The second-order valence-electron chi connectivity index (χ2n) is 5.16. The van der Waals surface area contributed by atoms with Crippen molar-refractivity contribution in [1.82, 2.24) is 0 Å². The summed E-state index contributed by atoms with van der Waals surface area (Å²) in [5, 5.41) is 4.39. The van der Waals surface area contributed by atoms with Crippen molar-refractivity contribution in [1.29, 1.82) is 0 Å². The molecule has 0 saturated carbocycles. The van der Waals surface area contributed by atoms with Crippen molar-refractivity contribution in [3.05, 3.63) is 81.5 Å². The number of halogens is 3. The summed E-state index contributed by atoms with van der Waals surface area (Å²) in [6, 6.07) is 15.6. The minimum absolute atomic E-state index is 0.273. The van der Waals surface area contributed by atoms with Crippen LogP contribution in [0.5, 0.6) is 0 Å². The van der Waals surface area contributed by atoms with Gasteiger partial charge in [0.25, 0.3) is 0 Å². The number of anilines is 1. The third-order valence-corrected chi connectivity index (χ3v) is 4.13. The summed E-state index contributed by atoms with van der Waals surface area (Å²) in [6.07, 6.45) is 2.97. The quantitative estimate of drug-likeness (QED) is 0.511. The highest BCUT2D eigenvalue weighted by atomic mass is 35.5. The molecule has 3 rings (SSSR count). The van der Waals surface area contributed by atoms with Crippen LogP contribution in [-0.2, 0) is 4.79 Å². The fourth-order valence-corrected chi connectivity index (χ4v) is 2.78. The molecule has 0 unspecified atom stereocenters. The van der Waals surface area contributed by atoms with E-state index in [1.165, 1.54) is 6.08 Å². The van der Waals surface area contributed by atoms with E-state index >= 15 is 0 Å². The van der Waals surface area contributed by atoms with Crippen LogP contribution < -0.4 is 5.32 Å². The van der Waals surface area contributed by atoms with E-state index in [2.05, 4.69) is 5.32 Å². The van der Waals surface area contributed by atoms with E-state index in [0.29, 0.717) is 32.3 Å². The van der Waals surface area contributed by atoms with Crippen LogP contribution in [0.1, 0.15) is 5.76 Å². The third-order valence-electron chi connectivity index (χ3n) is 3.33. The SMILES string of the molecule is O=C(/C=C/c1ccc(-c2ccc(Cl)cc2Cl)o1)Nc1ccc(Cl)cc1. The summed E-state index contributed by atoms with van der Waals surface area (Å²) in [6.45, 7) is 0. The molecule has 1 N–H and O–H groups in total. The number of carbonyl (C=O) groups is 1. The molecule has 2 aromatic carbocycles. The molecule has 0 spiro atoms. The van der Waals surface area contributed by atoms with Crippen LogP contribution in [0.2, 0.25) is 15.1 Å². The van der Waals surface area contributed by atoms with E-state index in [4.69, 9.17) is 39.2 Å². The Bertz CT molecular complexity index is 930. The molecule has 0 aliphatic heterocycles. The Balaban J connectivity index is 1.69. The zero-order chi connectivity index (χ0) is 17.8. The summed E-state index contributed by atoms with van der Waals surface area (Å²) >= 11 is 17.9. The van der Waals surface area contributed by atoms with Crippen LogP contribution >= 0.6 is 34.8 Å². The van der Waals surface area contributed by atoms with Crippen LogP contribution in [0.15, 0.2) is 65.1 Å². The predicted molar refractivity (Wildman–Crippen MR) is 103 cm³/mol. The lowest BCUT2D eigenvalue weighted by atomic mass is 10.2. The summed E-state index contributed by atoms with van der Waals surface area (Å²) in [7, 11) is 0. The lowest BCUT2D eigenvalue weighted by Gasteiger charge is -2.01. The lowest BCUT2D eigenvalue weighted by Crippen LogP contribution is -2.07. The minimum Gasteiger partial charge on any atom is -0.457 e. The summed E-state index contributed by atoms with van der Waals surface area (Å²) in [5.41, 5.74) is 1.39. The van der Waals surface area contributed by atoms with E-state index in [-0.39, 0.29) is 5.91 Å². The van der Waals surface area contributed by atoms with Gasteiger partial charge in [-0.3, -0.25) is 4.79 Å². The van der Waals surface area contributed by atoms with Crippen LogP contribution in [0.4, 0.5) is 5.69 Å². The molecule has 1 aromatic heterocycles. The first-order valence-corrected chi connectivity index (χ1v) is 8.44. The molecule has 0 fully saturated rings. The number of amides is 1. The van der Waals surface area contributed by atoms with Gasteiger partial charge in [-0.2, -0.15) is 0 Å². The van der Waals surface area contributed by atoms with Crippen molar-refractivity contribution in [3.63, 3.8) is 0 Å². The summed E-state index contributed by atoms with van der Waals surface area (Å²) in [5.74, 6) is 0.858. The predicted octanol–water partition coefficient (Wildman–Crippen LogP) is 6.56. The first kappa shape index (κ1) is 17.6. The van der Waals surface area contributed by atoms with E-state index in [1.54, 1.807) is 60.7 Å². The highest BCUT2D eigenvalue weighted by molar-refractivity contribution is 6.36. The molecule has 0 saturated heterocycles. The first-order chi connectivity index (χ1) is 12.0. The Morgan fingerprint density at radius 3 is 2.36 bits per heavy atom. The third kappa shape index (κ3) is 4.67. The van der Waals surface area contributed by atoms with E-state index in [0.717, 1.165) is 5.56 Å². The largest absolute Gasteiger partial charge is 0.457 e. The molecule has 1 amide bonds. The van der Waals surface area contributed by atoms with Gasteiger partial charge in [-0.05, 0) is 60.7 Å². The number of hydrogen-bond donors (Lipinski definition) is 1. The molecule has 0 bridgehead atoms. The van der Waals surface area contributed by atoms with Crippen molar-refractivity contribution in [2.75, 3.05) is 5.32 Å². The number of nitrogens with one attached hydrogen (secondary N) is 1. The molecule has 3 nitrogen and oxygen atoms in total. The van der Waals surface area contributed by atoms with Crippen LogP contribution in [0.3, 0.4) is 0 Å². The molecular weight excluding hydrogens is 381 g/mol. The molecule has 126 valence electrons.